The fraction of sp³-hybridized carbons (Fsp3) is 0.429. The first-order chi connectivity index (χ1) is 9.99. The van der Waals surface area contributed by atoms with E-state index in [1.54, 1.807) is 20.8 Å². The molecule has 0 heterocycles. The molecule has 0 aliphatic rings. The molecule has 1 aromatic rings. The molecule has 1 aromatic carbocycles. The molecule has 3 N–H and O–H groups in total. The third kappa shape index (κ3) is 5.73. The molecule has 0 saturated carbocycles. The van der Waals surface area contributed by atoms with Gasteiger partial charge < -0.3 is 20.3 Å². The number of amides is 1. The Morgan fingerprint density at radius 2 is 2.00 bits per heavy atom. The first kappa shape index (κ1) is 18.6. The first-order valence-electron chi connectivity index (χ1n) is 6.39. The molecule has 1 atom stereocenters. The Labute approximate surface area is 141 Å². The summed E-state index contributed by atoms with van der Waals surface area (Å²) in [6, 6.07) is 1.66. The maximum Gasteiger partial charge on any atom is 0.408 e. The Balaban J connectivity index is 2.90. The number of aliphatic carboxylic acids is 1. The molecular weight excluding hydrogens is 378 g/mol. The lowest BCUT2D eigenvalue weighted by atomic mass is 10.1. The number of carbonyl (C=O) groups excluding carboxylic acids is 1. The number of nitrogens with one attached hydrogen (secondary N) is 1. The predicted octanol–water partition coefficient (Wildman–Crippen LogP) is 3.33. The van der Waals surface area contributed by atoms with E-state index in [9.17, 15) is 19.8 Å². The number of rotatable bonds is 4. The van der Waals surface area contributed by atoms with E-state index in [2.05, 4.69) is 21.2 Å². The average molecular weight is 395 g/mol. The van der Waals surface area contributed by atoms with Gasteiger partial charge in [0.25, 0.3) is 0 Å². The molecule has 0 fully saturated rings. The molecule has 22 heavy (non-hydrogen) atoms. The molecule has 0 unspecified atom stereocenters. The molecule has 8 heteroatoms. The van der Waals surface area contributed by atoms with E-state index in [1.165, 1.54) is 12.1 Å². The van der Waals surface area contributed by atoms with Crippen LogP contribution in [0.1, 0.15) is 26.3 Å². The third-order valence-corrected chi connectivity index (χ3v) is 3.34. The van der Waals surface area contributed by atoms with Gasteiger partial charge in [-0.25, -0.2) is 9.59 Å². The maximum atomic E-state index is 11.7. The normalized spacial score (nSPS) is 12.6. The second-order valence-corrected chi connectivity index (χ2v) is 6.93. The molecule has 1 rings (SSSR count). The van der Waals surface area contributed by atoms with Crippen LogP contribution in [0.2, 0.25) is 5.02 Å². The Morgan fingerprint density at radius 1 is 1.41 bits per heavy atom. The van der Waals surface area contributed by atoms with Gasteiger partial charge in [-0.05, 0) is 54.4 Å². The van der Waals surface area contributed by atoms with E-state index in [1.807, 2.05) is 0 Å². The zero-order valence-corrected chi connectivity index (χ0v) is 14.7. The van der Waals surface area contributed by atoms with Gasteiger partial charge in [-0.3, -0.25) is 0 Å². The van der Waals surface area contributed by atoms with Crippen molar-refractivity contribution in [2.24, 2.45) is 0 Å². The van der Waals surface area contributed by atoms with Crippen LogP contribution in [0.4, 0.5) is 4.79 Å². The van der Waals surface area contributed by atoms with Crippen LogP contribution in [-0.4, -0.2) is 33.9 Å². The minimum atomic E-state index is -1.26. The number of alkyl carbamates (subject to hydrolysis) is 1. The highest BCUT2D eigenvalue weighted by Crippen LogP contribution is 2.32. The number of phenols is 1. The highest BCUT2D eigenvalue weighted by Gasteiger charge is 2.25. The molecule has 0 saturated heterocycles. The summed E-state index contributed by atoms with van der Waals surface area (Å²) in [6.45, 7) is 5.01. The van der Waals surface area contributed by atoms with Crippen molar-refractivity contribution in [3.05, 3.63) is 27.2 Å². The molecular formula is C14H17BrClNO5. The van der Waals surface area contributed by atoms with Gasteiger partial charge >= 0.3 is 12.1 Å². The Bertz CT molecular complexity index is 585. The number of ether oxygens (including phenoxy) is 1. The Kier molecular flexibility index (Phi) is 6.08. The number of hydrogen-bond donors (Lipinski definition) is 3. The second-order valence-electron chi connectivity index (χ2n) is 5.64. The molecule has 0 spiro atoms. The van der Waals surface area contributed by atoms with Crippen LogP contribution in [0, 0.1) is 0 Å². The van der Waals surface area contributed by atoms with Gasteiger partial charge in [0.1, 0.15) is 17.4 Å². The number of halogens is 2. The number of hydrogen-bond acceptors (Lipinski definition) is 4. The number of benzene rings is 1. The first-order valence-corrected chi connectivity index (χ1v) is 7.56. The van der Waals surface area contributed by atoms with Crippen LogP contribution in [0.5, 0.6) is 5.75 Å². The van der Waals surface area contributed by atoms with Gasteiger partial charge in [-0.1, -0.05) is 11.6 Å². The van der Waals surface area contributed by atoms with E-state index in [0.717, 1.165) is 0 Å². The standard InChI is InChI=1S/C14H17BrClNO5/c1-14(2,3)22-13(21)17-10(12(19)20)5-7-4-8(16)6-9(15)11(7)18/h4,6,10,18H,5H2,1-3H3,(H,17,21)(H,19,20)/t10-/m0/s1. The molecule has 0 bridgehead atoms. The molecule has 1 amide bonds. The Hall–Kier alpha value is -1.47. The van der Waals surface area contributed by atoms with E-state index in [0.29, 0.717) is 15.1 Å². The molecule has 0 aliphatic heterocycles. The van der Waals surface area contributed by atoms with Crippen molar-refractivity contribution in [1.29, 1.82) is 0 Å². The average Bonchev–Trinajstić information content (AvgIpc) is 2.31. The summed E-state index contributed by atoms with van der Waals surface area (Å²) < 4.78 is 5.37. The fourth-order valence-electron chi connectivity index (χ4n) is 1.64. The number of phenolic OH excluding ortho intramolecular Hbond substituents is 1. The summed E-state index contributed by atoms with van der Waals surface area (Å²) in [5.41, 5.74) is -0.447. The summed E-state index contributed by atoms with van der Waals surface area (Å²) in [5.74, 6) is -1.37. The van der Waals surface area contributed by atoms with Crippen molar-refractivity contribution in [3.63, 3.8) is 0 Å². The monoisotopic (exact) mass is 393 g/mol. The van der Waals surface area contributed by atoms with Crippen LogP contribution >= 0.6 is 27.5 Å². The summed E-state index contributed by atoms with van der Waals surface area (Å²) in [5, 5.41) is 21.7. The minimum Gasteiger partial charge on any atom is -0.506 e. The number of carbonyl (C=O) groups is 2. The van der Waals surface area contributed by atoms with E-state index in [-0.39, 0.29) is 12.2 Å². The van der Waals surface area contributed by atoms with Gasteiger partial charge in [0.2, 0.25) is 0 Å². The topological polar surface area (TPSA) is 95.9 Å². The fourth-order valence-corrected chi connectivity index (χ4v) is 2.52. The highest BCUT2D eigenvalue weighted by atomic mass is 79.9. The zero-order valence-electron chi connectivity index (χ0n) is 12.3. The van der Waals surface area contributed by atoms with Crippen LogP contribution in [0.3, 0.4) is 0 Å². The van der Waals surface area contributed by atoms with Crippen molar-refractivity contribution < 1.29 is 24.5 Å². The van der Waals surface area contributed by atoms with Gasteiger partial charge in [-0.15, -0.1) is 0 Å². The van der Waals surface area contributed by atoms with Crippen molar-refractivity contribution in [2.75, 3.05) is 0 Å². The number of carboxylic acids is 1. The van der Waals surface area contributed by atoms with Crippen LogP contribution in [-0.2, 0) is 16.0 Å². The van der Waals surface area contributed by atoms with E-state index in [4.69, 9.17) is 16.3 Å². The number of aromatic hydroxyl groups is 1. The zero-order chi connectivity index (χ0) is 17.1. The van der Waals surface area contributed by atoms with E-state index >= 15 is 0 Å². The van der Waals surface area contributed by atoms with Gasteiger partial charge in [0, 0.05) is 11.4 Å². The molecule has 122 valence electrons. The van der Waals surface area contributed by atoms with E-state index < -0.39 is 23.7 Å². The molecule has 0 aromatic heterocycles. The lowest BCUT2D eigenvalue weighted by Crippen LogP contribution is -2.44. The van der Waals surface area contributed by atoms with Crippen molar-refractivity contribution in [3.8, 4) is 5.75 Å². The van der Waals surface area contributed by atoms with Crippen molar-refractivity contribution >= 4 is 39.6 Å². The van der Waals surface area contributed by atoms with Crippen LogP contribution in [0.25, 0.3) is 0 Å². The quantitative estimate of drug-likeness (QED) is 0.728. The smallest absolute Gasteiger partial charge is 0.408 e. The van der Waals surface area contributed by atoms with Gasteiger partial charge in [0.15, 0.2) is 0 Å². The summed E-state index contributed by atoms with van der Waals surface area (Å²) >= 11 is 9.00. The lowest BCUT2D eigenvalue weighted by molar-refractivity contribution is -0.139. The molecule has 6 nitrogen and oxygen atoms in total. The second kappa shape index (κ2) is 7.19. The van der Waals surface area contributed by atoms with Crippen LogP contribution < -0.4 is 5.32 Å². The summed E-state index contributed by atoms with van der Waals surface area (Å²) in [4.78, 5) is 23.0. The van der Waals surface area contributed by atoms with Crippen molar-refractivity contribution in [1.82, 2.24) is 5.32 Å². The predicted molar refractivity (Wildman–Crippen MR) is 85.3 cm³/mol. The molecule has 0 aliphatic carbocycles. The Morgan fingerprint density at radius 3 is 2.50 bits per heavy atom. The van der Waals surface area contributed by atoms with Crippen LogP contribution in [0.15, 0.2) is 16.6 Å². The molecule has 0 radical (unpaired) electrons. The largest absolute Gasteiger partial charge is 0.506 e. The maximum absolute atomic E-state index is 11.7. The highest BCUT2D eigenvalue weighted by molar-refractivity contribution is 9.10. The minimum absolute atomic E-state index is 0.123. The summed E-state index contributed by atoms with van der Waals surface area (Å²) in [6.07, 6.45) is -0.986. The lowest BCUT2D eigenvalue weighted by Gasteiger charge is -2.22. The summed E-state index contributed by atoms with van der Waals surface area (Å²) in [7, 11) is 0. The van der Waals surface area contributed by atoms with Gasteiger partial charge in [-0.2, -0.15) is 0 Å². The SMILES string of the molecule is CC(C)(C)OC(=O)N[C@@H](Cc1cc(Cl)cc(Br)c1O)C(=O)O. The number of carboxylic acid groups (broad SMARTS) is 1. The van der Waals surface area contributed by atoms with Crippen molar-refractivity contribution in [2.45, 2.75) is 38.8 Å². The third-order valence-electron chi connectivity index (χ3n) is 2.52. The van der Waals surface area contributed by atoms with Gasteiger partial charge in [0.05, 0.1) is 4.47 Å².